The highest BCUT2D eigenvalue weighted by molar-refractivity contribution is 9.10. The molecule has 1 aromatic carbocycles. The quantitative estimate of drug-likeness (QED) is 0.663. The molecule has 0 bridgehead atoms. The van der Waals surface area contributed by atoms with Crippen LogP contribution in [-0.4, -0.2) is 9.97 Å². The molecule has 0 unspecified atom stereocenters. The van der Waals surface area contributed by atoms with Gasteiger partial charge in [0.15, 0.2) is 5.82 Å². The molecule has 0 saturated heterocycles. The van der Waals surface area contributed by atoms with Gasteiger partial charge < -0.3 is 0 Å². The second-order valence-electron chi connectivity index (χ2n) is 3.59. The first-order valence-electron chi connectivity index (χ1n) is 5.20. The first-order valence-corrected chi connectivity index (χ1v) is 7.13. The lowest BCUT2D eigenvalue weighted by atomic mass is 10.2. The Morgan fingerprint density at radius 1 is 1.11 bits per heavy atom. The highest BCUT2D eigenvalue weighted by atomic mass is 79.9. The summed E-state index contributed by atoms with van der Waals surface area (Å²) in [6.45, 7) is 1.95. The molecule has 0 N–H and O–H groups in total. The van der Waals surface area contributed by atoms with E-state index in [1.807, 2.05) is 13.0 Å². The van der Waals surface area contributed by atoms with Crippen molar-refractivity contribution in [3.8, 4) is 11.4 Å². The maximum absolute atomic E-state index is 6.09. The average Bonchev–Trinajstić information content (AvgIpc) is 2.32. The van der Waals surface area contributed by atoms with Crippen molar-refractivity contribution >= 4 is 50.7 Å². The smallest absolute Gasteiger partial charge is 0.163 e. The Kier molecular flexibility index (Phi) is 4.49. The summed E-state index contributed by atoms with van der Waals surface area (Å²) in [5, 5.41) is 1.35. The van der Waals surface area contributed by atoms with E-state index < -0.39 is 0 Å². The molecule has 6 heteroatoms. The molecule has 94 valence electrons. The molecule has 0 atom stereocenters. The number of nitrogens with zero attached hydrogens (tertiary/aromatic N) is 2. The van der Waals surface area contributed by atoms with E-state index in [2.05, 4.69) is 25.9 Å². The Hall–Kier alpha value is -0.350. The number of hydrogen-bond acceptors (Lipinski definition) is 2. The molecule has 1 aromatic heterocycles. The van der Waals surface area contributed by atoms with Crippen LogP contribution in [0.2, 0.25) is 15.3 Å². The van der Waals surface area contributed by atoms with Crippen LogP contribution in [-0.2, 0) is 6.42 Å². The van der Waals surface area contributed by atoms with Gasteiger partial charge in [-0.2, -0.15) is 0 Å². The van der Waals surface area contributed by atoms with Gasteiger partial charge in [-0.1, -0.05) is 57.7 Å². The number of benzene rings is 1. The van der Waals surface area contributed by atoms with Gasteiger partial charge in [0.2, 0.25) is 0 Å². The Morgan fingerprint density at radius 2 is 1.72 bits per heavy atom. The predicted octanol–water partition coefficient (Wildman–Crippen LogP) is 5.43. The molecule has 0 saturated carbocycles. The van der Waals surface area contributed by atoms with Gasteiger partial charge in [0.1, 0.15) is 10.3 Å². The van der Waals surface area contributed by atoms with E-state index in [0.717, 1.165) is 15.6 Å². The topological polar surface area (TPSA) is 25.8 Å². The minimum atomic E-state index is 0.374. The van der Waals surface area contributed by atoms with Gasteiger partial charge in [0, 0.05) is 20.6 Å². The van der Waals surface area contributed by atoms with Gasteiger partial charge in [-0.15, -0.1) is 0 Å². The van der Waals surface area contributed by atoms with Crippen LogP contribution in [0, 0.1) is 0 Å². The van der Waals surface area contributed by atoms with E-state index in [4.69, 9.17) is 34.8 Å². The molecule has 0 radical (unpaired) electrons. The van der Waals surface area contributed by atoms with Crippen LogP contribution in [0.5, 0.6) is 0 Å². The zero-order chi connectivity index (χ0) is 13.3. The Labute approximate surface area is 128 Å². The first kappa shape index (κ1) is 14.1. The number of rotatable bonds is 2. The molecule has 0 amide bonds. The van der Waals surface area contributed by atoms with Crippen LogP contribution in [0.15, 0.2) is 22.7 Å². The molecule has 2 rings (SSSR count). The fraction of sp³-hybridized carbons (Fsp3) is 0.167. The molecular weight excluding hydrogens is 358 g/mol. The van der Waals surface area contributed by atoms with Crippen molar-refractivity contribution in [2.24, 2.45) is 0 Å². The molecule has 0 spiro atoms. The molecule has 0 aliphatic heterocycles. The number of halogens is 4. The SMILES string of the molecule is CCc1c(Cl)nc(-c2cc(Cl)ccc2Br)nc1Cl. The molecule has 0 aliphatic rings. The van der Waals surface area contributed by atoms with Gasteiger partial charge in [-0.25, -0.2) is 9.97 Å². The van der Waals surface area contributed by atoms with E-state index in [1.54, 1.807) is 12.1 Å². The lowest BCUT2D eigenvalue weighted by Crippen LogP contribution is -1.97. The summed E-state index contributed by atoms with van der Waals surface area (Å²) in [6.07, 6.45) is 0.689. The Balaban J connectivity index is 2.61. The Bertz CT molecular complexity index is 579. The fourth-order valence-electron chi connectivity index (χ4n) is 1.51. The fourth-order valence-corrected chi connectivity index (χ4v) is 2.76. The summed E-state index contributed by atoms with van der Waals surface area (Å²) in [5.41, 5.74) is 1.51. The average molecular weight is 366 g/mol. The largest absolute Gasteiger partial charge is 0.216 e. The number of hydrogen-bond donors (Lipinski definition) is 0. The molecule has 1 heterocycles. The van der Waals surface area contributed by atoms with Gasteiger partial charge in [-0.3, -0.25) is 0 Å². The van der Waals surface area contributed by atoms with Crippen molar-refractivity contribution in [3.05, 3.63) is 43.6 Å². The van der Waals surface area contributed by atoms with Crippen molar-refractivity contribution in [2.45, 2.75) is 13.3 Å². The maximum Gasteiger partial charge on any atom is 0.163 e. The summed E-state index contributed by atoms with van der Waals surface area (Å²) in [4.78, 5) is 8.52. The lowest BCUT2D eigenvalue weighted by molar-refractivity contribution is 1.05. The summed E-state index contributed by atoms with van der Waals surface area (Å²) in [6, 6.07) is 5.37. The summed E-state index contributed by atoms with van der Waals surface area (Å²) in [7, 11) is 0. The highest BCUT2D eigenvalue weighted by Crippen LogP contribution is 2.31. The molecular formula is C12H8BrCl3N2. The summed E-state index contributed by atoms with van der Waals surface area (Å²) in [5.74, 6) is 0.455. The van der Waals surface area contributed by atoms with Crippen molar-refractivity contribution in [1.29, 1.82) is 0 Å². The lowest BCUT2D eigenvalue weighted by Gasteiger charge is -2.08. The van der Waals surface area contributed by atoms with Gasteiger partial charge in [-0.05, 0) is 24.6 Å². The Morgan fingerprint density at radius 3 is 2.28 bits per heavy atom. The van der Waals surface area contributed by atoms with E-state index >= 15 is 0 Å². The highest BCUT2D eigenvalue weighted by Gasteiger charge is 2.13. The molecule has 2 aromatic rings. The van der Waals surface area contributed by atoms with Crippen LogP contribution < -0.4 is 0 Å². The summed E-state index contributed by atoms with van der Waals surface area (Å²) >= 11 is 21.6. The van der Waals surface area contributed by atoms with Crippen molar-refractivity contribution in [1.82, 2.24) is 9.97 Å². The normalized spacial score (nSPS) is 10.7. The third kappa shape index (κ3) is 2.80. The van der Waals surface area contributed by atoms with Gasteiger partial charge in [0.25, 0.3) is 0 Å². The van der Waals surface area contributed by atoms with E-state index in [0.29, 0.717) is 27.6 Å². The van der Waals surface area contributed by atoms with E-state index in [1.165, 1.54) is 0 Å². The third-order valence-corrected chi connectivity index (χ3v) is 3.98. The third-order valence-electron chi connectivity index (χ3n) is 2.43. The van der Waals surface area contributed by atoms with Crippen molar-refractivity contribution in [2.75, 3.05) is 0 Å². The monoisotopic (exact) mass is 364 g/mol. The van der Waals surface area contributed by atoms with E-state index in [9.17, 15) is 0 Å². The van der Waals surface area contributed by atoms with Crippen molar-refractivity contribution < 1.29 is 0 Å². The zero-order valence-electron chi connectivity index (χ0n) is 9.35. The van der Waals surface area contributed by atoms with Crippen molar-refractivity contribution in [3.63, 3.8) is 0 Å². The minimum Gasteiger partial charge on any atom is -0.216 e. The van der Waals surface area contributed by atoms with Crippen LogP contribution in [0.1, 0.15) is 12.5 Å². The predicted molar refractivity (Wildman–Crippen MR) is 79.6 cm³/mol. The van der Waals surface area contributed by atoms with Crippen LogP contribution in [0.3, 0.4) is 0 Å². The zero-order valence-corrected chi connectivity index (χ0v) is 13.2. The standard InChI is InChI=1S/C12H8BrCl3N2/c1-2-7-10(15)17-12(18-11(7)16)8-5-6(14)3-4-9(8)13/h3-5H,2H2,1H3. The van der Waals surface area contributed by atoms with Gasteiger partial charge >= 0.3 is 0 Å². The van der Waals surface area contributed by atoms with Crippen LogP contribution in [0.25, 0.3) is 11.4 Å². The second kappa shape index (κ2) is 5.74. The van der Waals surface area contributed by atoms with Crippen LogP contribution >= 0.6 is 50.7 Å². The number of aromatic nitrogens is 2. The van der Waals surface area contributed by atoms with Crippen LogP contribution in [0.4, 0.5) is 0 Å². The maximum atomic E-state index is 6.09. The minimum absolute atomic E-state index is 0.374. The molecule has 0 aliphatic carbocycles. The first-order chi connectivity index (χ1) is 8.52. The second-order valence-corrected chi connectivity index (χ2v) is 5.59. The molecule has 18 heavy (non-hydrogen) atoms. The summed E-state index contributed by atoms with van der Waals surface area (Å²) < 4.78 is 0.836. The van der Waals surface area contributed by atoms with E-state index in [-0.39, 0.29) is 0 Å². The van der Waals surface area contributed by atoms with Gasteiger partial charge in [0.05, 0.1) is 0 Å². The molecule has 0 fully saturated rings. The molecule has 2 nitrogen and oxygen atoms in total.